The van der Waals surface area contributed by atoms with E-state index in [9.17, 15) is 4.79 Å². The van der Waals surface area contributed by atoms with E-state index < -0.39 is 12.0 Å². The van der Waals surface area contributed by atoms with E-state index in [1.165, 1.54) is 0 Å². The summed E-state index contributed by atoms with van der Waals surface area (Å²) in [6.07, 6.45) is 5.74. The van der Waals surface area contributed by atoms with Crippen LogP contribution >= 0.6 is 0 Å². The maximum absolute atomic E-state index is 11.1. The summed E-state index contributed by atoms with van der Waals surface area (Å²) in [4.78, 5) is 15.1. The highest BCUT2D eigenvalue weighted by Crippen LogP contribution is 2.29. The van der Waals surface area contributed by atoms with Gasteiger partial charge in [-0.2, -0.15) is 0 Å². The molecule has 0 radical (unpaired) electrons. The second-order valence-corrected chi connectivity index (χ2v) is 5.74. The number of benzene rings is 1. The zero-order chi connectivity index (χ0) is 17.9. The lowest BCUT2D eigenvalue weighted by Crippen LogP contribution is -2.32. The van der Waals surface area contributed by atoms with Crippen LogP contribution in [0.5, 0.6) is 0 Å². The molecule has 0 aliphatic rings. The van der Waals surface area contributed by atoms with Gasteiger partial charge in [0.25, 0.3) is 0 Å². The fraction of sp³-hybridized carbons (Fsp3) is 0.263. The first-order valence-corrected chi connectivity index (χ1v) is 7.72. The smallest absolute Gasteiger partial charge is 0.320 e. The number of nitrogens with two attached hydrogens (primary N) is 1. The molecule has 3 N–H and O–H groups in total. The Balaban J connectivity index is 2.57. The van der Waals surface area contributed by atoms with Crippen molar-refractivity contribution >= 4 is 28.7 Å². The highest BCUT2D eigenvalue weighted by Gasteiger charge is 2.19. The van der Waals surface area contributed by atoms with Crippen molar-refractivity contribution in [1.82, 2.24) is 4.57 Å². The van der Waals surface area contributed by atoms with Gasteiger partial charge in [0.05, 0.1) is 0 Å². The van der Waals surface area contributed by atoms with Crippen LogP contribution in [-0.2, 0) is 18.3 Å². The second-order valence-electron chi connectivity index (χ2n) is 5.74. The van der Waals surface area contributed by atoms with Crippen LogP contribution in [0.3, 0.4) is 0 Å². The maximum atomic E-state index is 11.1. The van der Waals surface area contributed by atoms with E-state index in [0.717, 1.165) is 33.3 Å². The number of aromatic nitrogens is 1. The quantitative estimate of drug-likeness (QED) is 0.633. The minimum atomic E-state index is -0.987. The fourth-order valence-corrected chi connectivity index (χ4v) is 2.82. The van der Waals surface area contributed by atoms with Crippen molar-refractivity contribution in [2.75, 3.05) is 7.05 Å². The summed E-state index contributed by atoms with van der Waals surface area (Å²) < 4.78 is 2.07. The molecule has 126 valence electrons. The molecule has 0 bridgehead atoms. The van der Waals surface area contributed by atoms with Gasteiger partial charge in [-0.3, -0.25) is 9.79 Å². The summed E-state index contributed by atoms with van der Waals surface area (Å²) in [6.45, 7) is 5.84. The molecule has 1 aromatic carbocycles. The molecular formula is C19H23N3O2. The molecule has 2 aromatic rings. The molecular weight excluding hydrogens is 302 g/mol. The fourth-order valence-electron chi connectivity index (χ4n) is 2.82. The first-order chi connectivity index (χ1) is 11.4. The van der Waals surface area contributed by atoms with Gasteiger partial charge in [0.1, 0.15) is 6.04 Å². The average molecular weight is 325 g/mol. The van der Waals surface area contributed by atoms with E-state index in [1.807, 2.05) is 32.2 Å². The topological polar surface area (TPSA) is 80.6 Å². The first kappa shape index (κ1) is 17.7. The van der Waals surface area contributed by atoms with Crippen molar-refractivity contribution in [2.24, 2.45) is 17.8 Å². The van der Waals surface area contributed by atoms with Crippen molar-refractivity contribution in [3.05, 3.63) is 53.8 Å². The van der Waals surface area contributed by atoms with Gasteiger partial charge >= 0.3 is 5.97 Å². The molecule has 0 fully saturated rings. The summed E-state index contributed by atoms with van der Waals surface area (Å²) in [5.74, 6) is -0.987. The Morgan fingerprint density at radius 3 is 2.79 bits per heavy atom. The monoisotopic (exact) mass is 325 g/mol. The van der Waals surface area contributed by atoms with Crippen molar-refractivity contribution in [3.63, 3.8) is 0 Å². The molecule has 0 saturated carbocycles. The maximum Gasteiger partial charge on any atom is 0.320 e. The number of carbonyl (C=O) groups is 1. The third-order valence-corrected chi connectivity index (χ3v) is 4.32. The van der Waals surface area contributed by atoms with Crippen LogP contribution in [-0.4, -0.2) is 34.9 Å². The van der Waals surface area contributed by atoms with E-state index in [0.29, 0.717) is 6.42 Å². The number of hydrogen-bond acceptors (Lipinski definition) is 3. The number of allylic oxidation sites excluding steroid dienone is 3. The number of carboxylic acids is 1. The Hall–Kier alpha value is -2.66. The number of rotatable bonds is 6. The van der Waals surface area contributed by atoms with E-state index in [2.05, 4.69) is 22.2 Å². The molecule has 1 atom stereocenters. The molecule has 24 heavy (non-hydrogen) atoms. The van der Waals surface area contributed by atoms with Gasteiger partial charge in [0.15, 0.2) is 0 Å². The number of aryl methyl sites for hydroxylation is 1. The first-order valence-electron chi connectivity index (χ1n) is 7.72. The second kappa shape index (κ2) is 7.27. The van der Waals surface area contributed by atoms with Crippen LogP contribution in [0.15, 0.2) is 41.9 Å². The predicted molar refractivity (Wildman–Crippen MR) is 99.6 cm³/mol. The molecule has 1 unspecified atom stereocenters. The van der Waals surface area contributed by atoms with Crippen LogP contribution in [0.25, 0.3) is 16.5 Å². The van der Waals surface area contributed by atoms with Gasteiger partial charge in [-0.05, 0) is 35.8 Å². The average Bonchev–Trinajstić information content (AvgIpc) is 2.80. The van der Waals surface area contributed by atoms with Crippen molar-refractivity contribution in [3.8, 4) is 0 Å². The van der Waals surface area contributed by atoms with Gasteiger partial charge in [0.2, 0.25) is 0 Å². The van der Waals surface area contributed by atoms with Crippen LogP contribution in [0.4, 0.5) is 0 Å². The van der Waals surface area contributed by atoms with Crippen molar-refractivity contribution in [1.29, 1.82) is 0 Å². The molecule has 1 aromatic heterocycles. The molecule has 0 aliphatic carbocycles. The Bertz CT molecular complexity index is 844. The Kier molecular flexibility index (Phi) is 5.36. The lowest BCUT2D eigenvalue weighted by atomic mass is 10.00. The Morgan fingerprint density at radius 1 is 1.50 bits per heavy atom. The standard InChI is InChI=1S/C19H23N3O2/c1-5-13(8-9-21-3)14-6-7-15-16(11-17(20)19(23)24)12(2)22(4)18(15)10-14/h5-10,17H,1,11,20H2,2-4H3,(H,23,24)/b13-8+,21-9?. The number of aliphatic carboxylic acids is 1. The van der Waals surface area contributed by atoms with Gasteiger partial charge in [-0.1, -0.05) is 24.8 Å². The molecule has 5 heteroatoms. The third-order valence-electron chi connectivity index (χ3n) is 4.32. The van der Waals surface area contributed by atoms with Crippen LogP contribution in [0.2, 0.25) is 0 Å². The number of fused-ring (bicyclic) bond motifs is 1. The summed E-state index contributed by atoms with van der Waals surface area (Å²) in [6, 6.07) is 5.20. The van der Waals surface area contributed by atoms with Gasteiger partial charge in [-0.25, -0.2) is 0 Å². The molecule has 0 amide bonds. The summed E-state index contributed by atoms with van der Waals surface area (Å²) >= 11 is 0. The van der Waals surface area contributed by atoms with E-state index in [4.69, 9.17) is 10.8 Å². The van der Waals surface area contributed by atoms with Crippen molar-refractivity contribution in [2.45, 2.75) is 19.4 Å². The molecule has 0 spiro atoms. The minimum absolute atomic E-state index is 0.310. The van der Waals surface area contributed by atoms with Crippen LogP contribution < -0.4 is 5.73 Å². The van der Waals surface area contributed by atoms with E-state index in [1.54, 1.807) is 19.3 Å². The van der Waals surface area contributed by atoms with Crippen LogP contribution in [0.1, 0.15) is 16.8 Å². The lowest BCUT2D eigenvalue weighted by molar-refractivity contribution is -0.138. The van der Waals surface area contributed by atoms with E-state index >= 15 is 0 Å². The van der Waals surface area contributed by atoms with Crippen LogP contribution in [0, 0.1) is 6.92 Å². The SMILES string of the molecule is C=C/C(=C\C=NC)c1ccc2c(CC(N)C(=O)O)c(C)n(C)c2c1. The van der Waals surface area contributed by atoms with Gasteiger partial charge in [-0.15, -0.1) is 0 Å². The zero-order valence-electron chi connectivity index (χ0n) is 14.3. The summed E-state index contributed by atoms with van der Waals surface area (Å²) in [7, 11) is 3.70. The molecule has 0 saturated heterocycles. The number of aliphatic imine (C=N–C) groups is 1. The molecule has 1 heterocycles. The van der Waals surface area contributed by atoms with Crippen molar-refractivity contribution < 1.29 is 9.90 Å². The summed E-state index contributed by atoms with van der Waals surface area (Å²) in [5.41, 5.74) is 10.8. The molecule has 5 nitrogen and oxygen atoms in total. The largest absolute Gasteiger partial charge is 0.480 e. The van der Waals surface area contributed by atoms with E-state index in [-0.39, 0.29) is 0 Å². The Labute approximate surface area is 141 Å². The number of nitrogens with zero attached hydrogens (tertiary/aromatic N) is 2. The predicted octanol–water partition coefficient (Wildman–Crippen LogP) is 2.71. The zero-order valence-corrected chi connectivity index (χ0v) is 14.3. The Morgan fingerprint density at radius 2 is 2.21 bits per heavy atom. The van der Waals surface area contributed by atoms with Gasteiger partial charge < -0.3 is 15.4 Å². The minimum Gasteiger partial charge on any atom is -0.480 e. The number of carboxylic acid groups (broad SMARTS) is 1. The normalized spacial score (nSPS) is 13.6. The number of hydrogen-bond donors (Lipinski definition) is 2. The third kappa shape index (κ3) is 3.31. The molecule has 2 rings (SSSR count). The summed E-state index contributed by atoms with van der Waals surface area (Å²) in [5, 5.41) is 10.1. The molecule has 0 aliphatic heterocycles. The lowest BCUT2D eigenvalue weighted by Gasteiger charge is -2.07. The highest BCUT2D eigenvalue weighted by atomic mass is 16.4. The highest BCUT2D eigenvalue weighted by molar-refractivity contribution is 5.93. The van der Waals surface area contributed by atoms with Gasteiger partial charge in [0, 0.05) is 43.3 Å².